The predicted molar refractivity (Wildman–Crippen MR) is 115 cm³/mol. The van der Waals surface area contributed by atoms with Gasteiger partial charge < -0.3 is 14.5 Å². The van der Waals surface area contributed by atoms with Crippen LogP contribution in [0.1, 0.15) is 33.3 Å². The Labute approximate surface area is 172 Å². The average molecular weight is 412 g/mol. The number of hydrogen-bond donors (Lipinski definition) is 0. The van der Waals surface area contributed by atoms with Gasteiger partial charge in [0, 0.05) is 31.5 Å². The number of nitro groups is 1. The first-order valence-electron chi connectivity index (χ1n) is 9.71. The molecule has 1 amide bonds. The van der Waals surface area contributed by atoms with Gasteiger partial charge in [-0.2, -0.15) is 0 Å². The molecule has 0 heterocycles. The second kappa shape index (κ2) is 12.6. The van der Waals surface area contributed by atoms with Crippen molar-refractivity contribution in [2.45, 2.75) is 33.4 Å². The largest absolute Gasteiger partial charge is 0.490 e. The third-order valence-electron chi connectivity index (χ3n) is 4.45. The fourth-order valence-corrected chi connectivity index (χ4v) is 3.75. The summed E-state index contributed by atoms with van der Waals surface area (Å²) in [5.74, 6) is 1.69. The molecule has 7 nitrogen and oxygen atoms in total. The summed E-state index contributed by atoms with van der Waals surface area (Å²) >= 11 is 1.48. The Morgan fingerprint density at radius 3 is 2.46 bits per heavy atom. The molecule has 0 bridgehead atoms. The van der Waals surface area contributed by atoms with Crippen molar-refractivity contribution in [2.24, 2.45) is 5.92 Å². The number of amides is 1. The Morgan fingerprint density at radius 1 is 1.25 bits per heavy atom. The van der Waals surface area contributed by atoms with Crippen molar-refractivity contribution in [3.05, 3.63) is 33.9 Å². The van der Waals surface area contributed by atoms with Crippen molar-refractivity contribution < 1.29 is 14.5 Å². The number of likely N-dealkylation sites (N-methyl/N-ethyl adjacent to an activating group) is 1. The Kier molecular flexibility index (Phi) is 10.9. The van der Waals surface area contributed by atoms with E-state index in [9.17, 15) is 14.9 Å². The molecular formula is C20H33N3O4S. The zero-order valence-electron chi connectivity index (χ0n) is 17.6. The number of carbonyl (C=O) groups excluding carboxylic acids is 1. The fourth-order valence-electron chi connectivity index (χ4n) is 2.88. The highest BCUT2D eigenvalue weighted by atomic mass is 32.2. The van der Waals surface area contributed by atoms with Crippen molar-refractivity contribution >= 4 is 23.4 Å². The topological polar surface area (TPSA) is 75.9 Å². The second-order valence-electron chi connectivity index (χ2n) is 7.02. The number of benzene rings is 1. The number of carbonyl (C=O) groups is 1. The minimum absolute atomic E-state index is 0.0485. The molecule has 1 aromatic rings. The standard InChI is InChI=1S/C20H33N3O4S/c1-6-21(7-2)10-11-22(13-16(3)4)20(24)15-28-14-17-8-9-19(27-5)18(12-17)23(25)26/h8-9,12,16H,6-7,10-11,13-15H2,1-5H3. The molecule has 158 valence electrons. The van der Waals surface area contributed by atoms with Crippen LogP contribution in [0.2, 0.25) is 0 Å². The molecular weight excluding hydrogens is 378 g/mol. The maximum Gasteiger partial charge on any atom is 0.311 e. The molecule has 0 saturated heterocycles. The van der Waals surface area contributed by atoms with Crippen LogP contribution in [0, 0.1) is 16.0 Å². The minimum Gasteiger partial charge on any atom is -0.490 e. The summed E-state index contributed by atoms with van der Waals surface area (Å²) in [6.45, 7) is 12.8. The summed E-state index contributed by atoms with van der Waals surface area (Å²) in [6.07, 6.45) is 0. The summed E-state index contributed by atoms with van der Waals surface area (Å²) in [5.41, 5.74) is 0.761. The first kappa shape index (κ1) is 24.2. The smallest absolute Gasteiger partial charge is 0.311 e. The van der Waals surface area contributed by atoms with Crippen LogP contribution < -0.4 is 4.74 Å². The lowest BCUT2D eigenvalue weighted by atomic mass is 10.2. The van der Waals surface area contributed by atoms with Crippen LogP contribution in [0.15, 0.2) is 18.2 Å². The molecule has 0 aliphatic carbocycles. The third kappa shape index (κ3) is 8.06. The molecule has 0 aliphatic rings. The van der Waals surface area contributed by atoms with Crippen LogP contribution in [-0.2, 0) is 10.5 Å². The summed E-state index contributed by atoms with van der Waals surface area (Å²) in [6, 6.07) is 4.92. The van der Waals surface area contributed by atoms with E-state index in [1.54, 1.807) is 12.1 Å². The molecule has 0 unspecified atom stereocenters. The third-order valence-corrected chi connectivity index (χ3v) is 5.44. The van der Waals surface area contributed by atoms with Gasteiger partial charge in [-0.15, -0.1) is 11.8 Å². The van der Waals surface area contributed by atoms with Crippen molar-refractivity contribution in [3.8, 4) is 5.75 Å². The summed E-state index contributed by atoms with van der Waals surface area (Å²) < 4.78 is 5.02. The Bertz CT molecular complexity index is 636. The maximum atomic E-state index is 12.7. The van der Waals surface area contributed by atoms with Gasteiger partial charge >= 0.3 is 5.69 Å². The lowest BCUT2D eigenvalue weighted by Gasteiger charge is -2.28. The second-order valence-corrected chi connectivity index (χ2v) is 8.00. The van der Waals surface area contributed by atoms with Gasteiger partial charge in [-0.25, -0.2) is 0 Å². The van der Waals surface area contributed by atoms with Crippen molar-refractivity contribution in [3.63, 3.8) is 0 Å². The molecule has 0 spiro atoms. The van der Waals surface area contributed by atoms with Crippen LogP contribution >= 0.6 is 11.8 Å². The van der Waals surface area contributed by atoms with Gasteiger partial charge in [-0.3, -0.25) is 14.9 Å². The van der Waals surface area contributed by atoms with E-state index >= 15 is 0 Å². The Morgan fingerprint density at radius 2 is 1.93 bits per heavy atom. The van der Waals surface area contributed by atoms with Crippen molar-refractivity contribution in [1.29, 1.82) is 0 Å². The van der Waals surface area contributed by atoms with Crippen molar-refractivity contribution in [1.82, 2.24) is 9.80 Å². The van der Waals surface area contributed by atoms with Gasteiger partial charge in [-0.1, -0.05) is 33.8 Å². The first-order chi connectivity index (χ1) is 13.3. The number of hydrogen-bond acceptors (Lipinski definition) is 6. The molecule has 0 saturated carbocycles. The molecule has 8 heteroatoms. The number of nitro benzene ring substituents is 1. The van der Waals surface area contributed by atoms with Crippen LogP contribution in [0.25, 0.3) is 0 Å². The Hall–Kier alpha value is -1.80. The zero-order chi connectivity index (χ0) is 21.1. The highest BCUT2D eigenvalue weighted by Gasteiger charge is 2.17. The van der Waals surface area contributed by atoms with Gasteiger partial charge in [0.15, 0.2) is 5.75 Å². The maximum absolute atomic E-state index is 12.7. The Balaban J connectivity index is 2.64. The van der Waals surface area contributed by atoms with Gasteiger partial charge in [0.25, 0.3) is 0 Å². The normalized spacial score (nSPS) is 11.1. The SMILES string of the molecule is CCN(CC)CCN(CC(C)C)C(=O)CSCc1ccc(OC)c([N+](=O)[O-])c1. The molecule has 1 aromatic carbocycles. The molecule has 28 heavy (non-hydrogen) atoms. The van der Waals surface area contributed by atoms with Crippen LogP contribution in [-0.4, -0.2) is 66.2 Å². The molecule has 0 atom stereocenters. The van der Waals surface area contributed by atoms with E-state index < -0.39 is 4.92 Å². The fraction of sp³-hybridized carbons (Fsp3) is 0.650. The highest BCUT2D eigenvalue weighted by molar-refractivity contribution is 7.99. The minimum atomic E-state index is -0.449. The number of rotatable bonds is 13. The number of nitrogens with zero attached hydrogens (tertiary/aromatic N) is 3. The lowest BCUT2D eigenvalue weighted by molar-refractivity contribution is -0.385. The number of methoxy groups -OCH3 is 1. The average Bonchev–Trinajstić information content (AvgIpc) is 2.67. The van der Waals surface area contributed by atoms with Crippen molar-refractivity contribution in [2.75, 3.05) is 45.6 Å². The lowest BCUT2D eigenvalue weighted by Crippen LogP contribution is -2.41. The van der Waals surface area contributed by atoms with E-state index in [4.69, 9.17) is 4.74 Å². The van der Waals surface area contributed by atoms with Crippen LogP contribution in [0.5, 0.6) is 5.75 Å². The number of ether oxygens (including phenoxy) is 1. The van der Waals surface area contributed by atoms with Gasteiger partial charge in [0.05, 0.1) is 17.8 Å². The summed E-state index contributed by atoms with van der Waals surface area (Å²) in [5, 5.41) is 11.1. The first-order valence-corrected chi connectivity index (χ1v) is 10.9. The number of thioether (sulfide) groups is 1. The molecule has 0 aromatic heterocycles. The van der Waals surface area contributed by atoms with E-state index in [-0.39, 0.29) is 17.3 Å². The highest BCUT2D eigenvalue weighted by Crippen LogP contribution is 2.29. The molecule has 0 fully saturated rings. The molecule has 0 radical (unpaired) electrons. The summed E-state index contributed by atoms with van der Waals surface area (Å²) in [7, 11) is 1.41. The van der Waals surface area contributed by atoms with Gasteiger partial charge in [-0.05, 0) is 30.6 Å². The quantitative estimate of drug-likeness (QED) is 0.364. The zero-order valence-corrected chi connectivity index (χ0v) is 18.5. The summed E-state index contributed by atoms with van der Waals surface area (Å²) in [4.78, 5) is 27.6. The van der Waals surface area contributed by atoms with E-state index in [2.05, 4.69) is 32.6 Å². The predicted octanol–water partition coefficient (Wildman–Crippen LogP) is 3.66. The monoisotopic (exact) mass is 411 g/mol. The van der Waals surface area contributed by atoms with Crippen LogP contribution in [0.3, 0.4) is 0 Å². The van der Waals surface area contributed by atoms with Gasteiger partial charge in [0.2, 0.25) is 5.91 Å². The molecule has 0 aliphatic heterocycles. The van der Waals surface area contributed by atoms with E-state index in [0.717, 1.165) is 38.3 Å². The van der Waals surface area contributed by atoms with Gasteiger partial charge in [0.1, 0.15) is 0 Å². The van der Waals surface area contributed by atoms with E-state index in [0.29, 0.717) is 17.4 Å². The molecule has 1 rings (SSSR count). The molecule has 0 N–H and O–H groups in total. The van der Waals surface area contributed by atoms with Crippen LogP contribution in [0.4, 0.5) is 5.69 Å². The van der Waals surface area contributed by atoms with E-state index in [1.165, 1.54) is 24.9 Å². The van der Waals surface area contributed by atoms with E-state index in [1.807, 2.05) is 4.90 Å².